The highest BCUT2D eigenvalue weighted by Crippen LogP contribution is 2.33. The van der Waals surface area contributed by atoms with Crippen molar-refractivity contribution in [3.8, 4) is 0 Å². The van der Waals surface area contributed by atoms with Crippen molar-refractivity contribution in [3.05, 3.63) is 58.3 Å². The van der Waals surface area contributed by atoms with Gasteiger partial charge in [-0.25, -0.2) is 4.98 Å². The van der Waals surface area contributed by atoms with Gasteiger partial charge in [0.25, 0.3) is 0 Å². The zero-order valence-corrected chi connectivity index (χ0v) is 13.4. The topological polar surface area (TPSA) is 29.9 Å². The van der Waals surface area contributed by atoms with Crippen LogP contribution in [0.25, 0.3) is 11.0 Å². The highest BCUT2D eigenvalue weighted by molar-refractivity contribution is 9.10. The van der Waals surface area contributed by atoms with E-state index >= 15 is 0 Å². The Morgan fingerprint density at radius 3 is 3.05 bits per heavy atom. The third-order valence-corrected chi connectivity index (χ3v) is 4.80. The van der Waals surface area contributed by atoms with E-state index in [1.165, 1.54) is 16.8 Å². The molecule has 1 aliphatic rings. The number of nitrogens with one attached hydrogen (secondary N) is 1. The maximum atomic E-state index is 4.81. The summed E-state index contributed by atoms with van der Waals surface area (Å²) in [4.78, 5) is 4.81. The molecular weight excluding hydrogens is 326 g/mol. The molecule has 0 radical (unpaired) electrons. The van der Waals surface area contributed by atoms with E-state index in [0.717, 1.165) is 28.8 Å². The minimum Gasteiger partial charge on any atom is -0.384 e. The average Bonchev–Trinajstić information content (AvgIpc) is 3.02. The van der Waals surface area contributed by atoms with Gasteiger partial charge in [-0.05, 0) is 29.8 Å². The summed E-state index contributed by atoms with van der Waals surface area (Å²) in [6.07, 6.45) is 0.965. The van der Waals surface area contributed by atoms with Gasteiger partial charge in [-0.1, -0.05) is 34.1 Å². The van der Waals surface area contributed by atoms with E-state index in [-0.39, 0.29) is 0 Å². The third kappa shape index (κ3) is 2.14. The number of imidazole rings is 1. The Morgan fingerprint density at radius 2 is 2.14 bits per heavy atom. The molecule has 106 valence electrons. The van der Waals surface area contributed by atoms with E-state index in [0.29, 0.717) is 5.92 Å². The first-order valence-corrected chi connectivity index (χ1v) is 7.95. The molecule has 3 aromatic rings. The van der Waals surface area contributed by atoms with Gasteiger partial charge in [0, 0.05) is 36.1 Å². The van der Waals surface area contributed by atoms with Crippen LogP contribution in [-0.2, 0) is 13.5 Å². The molecule has 0 aliphatic carbocycles. The smallest absolute Gasteiger partial charge is 0.110 e. The van der Waals surface area contributed by atoms with E-state index in [4.69, 9.17) is 4.98 Å². The van der Waals surface area contributed by atoms with Crippen molar-refractivity contribution in [2.45, 2.75) is 12.3 Å². The van der Waals surface area contributed by atoms with Gasteiger partial charge in [-0.2, -0.15) is 0 Å². The van der Waals surface area contributed by atoms with E-state index in [1.807, 2.05) is 0 Å². The molecule has 0 saturated heterocycles. The number of anilines is 1. The monoisotopic (exact) mass is 341 g/mol. The number of rotatable bonds is 2. The Labute approximate surface area is 132 Å². The number of hydrogen-bond donors (Lipinski definition) is 1. The lowest BCUT2D eigenvalue weighted by molar-refractivity contribution is 0.686. The normalized spacial score (nSPS) is 17.0. The first-order chi connectivity index (χ1) is 10.2. The average molecular weight is 342 g/mol. The summed E-state index contributed by atoms with van der Waals surface area (Å²) in [6.45, 7) is 0.992. The summed E-state index contributed by atoms with van der Waals surface area (Å²) in [5.74, 6) is 1.65. The quantitative estimate of drug-likeness (QED) is 0.760. The van der Waals surface area contributed by atoms with Crippen molar-refractivity contribution in [2.75, 3.05) is 11.9 Å². The van der Waals surface area contributed by atoms with Crippen molar-refractivity contribution in [3.63, 3.8) is 0 Å². The molecular formula is C17H16BrN3. The zero-order chi connectivity index (χ0) is 14.4. The highest BCUT2D eigenvalue weighted by atomic mass is 79.9. The van der Waals surface area contributed by atoms with Gasteiger partial charge < -0.3 is 9.88 Å². The third-order valence-electron chi connectivity index (χ3n) is 4.30. The van der Waals surface area contributed by atoms with E-state index in [9.17, 15) is 0 Å². The number of nitrogens with zero attached hydrogens (tertiary/aromatic N) is 2. The lowest BCUT2D eigenvalue weighted by Crippen LogP contribution is -2.09. The fraction of sp³-hybridized carbons (Fsp3) is 0.235. The van der Waals surface area contributed by atoms with Gasteiger partial charge in [0.1, 0.15) is 5.82 Å². The minimum absolute atomic E-state index is 0.500. The van der Waals surface area contributed by atoms with Crippen LogP contribution in [0.3, 0.4) is 0 Å². The van der Waals surface area contributed by atoms with Gasteiger partial charge in [0.2, 0.25) is 0 Å². The summed E-state index contributed by atoms with van der Waals surface area (Å²) in [5, 5.41) is 3.49. The van der Waals surface area contributed by atoms with Crippen LogP contribution in [0.4, 0.5) is 5.69 Å². The van der Waals surface area contributed by atoms with E-state index < -0.39 is 0 Å². The van der Waals surface area contributed by atoms with Crippen LogP contribution in [-0.4, -0.2) is 16.1 Å². The Bertz CT molecular complexity index is 822. The number of para-hydroxylation sites is 1. The largest absolute Gasteiger partial charge is 0.384 e. The van der Waals surface area contributed by atoms with Crippen molar-refractivity contribution in [1.29, 1.82) is 0 Å². The van der Waals surface area contributed by atoms with Crippen LogP contribution in [0.1, 0.15) is 17.3 Å². The standard InChI is InChI=1S/C17H16BrN3/c1-21-16-7-6-12(18)9-15(16)20-17(21)8-11-10-19-14-5-3-2-4-13(11)14/h2-7,9,11,19H,8,10H2,1H3. The molecule has 0 saturated carbocycles. The molecule has 21 heavy (non-hydrogen) atoms. The van der Waals surface area contributed by atoms with Crippen LogP contribution in [0.15, 0.2) is 46.9 Å². The number of halogens is 1. The SMILES string of the molecule is Cn1c(CC2CNc3ccccc32)nc2cc(Br)ccc21. The maximum absolute atomic E-state index is 4.81. The molecule has 0 amide bonds. The van der Waals surface area contributed by atoms with Gasteiger partial charge in [-0.3, -0.25) is 0 Å². The molecule has 4 rings (SSSR count). The second-order valence-electron chi connectivity index (χ2n) is 5.59. The highest BCUT2D eigenvalue weighted by Gasteiger charge is 2.23. The van der Waals surface area contributed by atoms with E-state index in [2.05, 4.69) is 75.3 Å². The molecule has 1 aliphatic heterocycles. The minimum atomic E-state index is 0.500. The Balaban J connectivity index is 1.71. The van der Waals surface area contributed by atoms with Gasteiger partial charge in [0.15, 0.2) is 0 Å². The predicted molar refractivity (Wildman–Crippen MR) is 89.8 cm³/mol. The second-order valence-corrected chi connectivity index (χ2v) is 6.50. The number of aryl methyl sites for hydroxylation is 1. The molecule has 4 heteroatoms. The van der Waals surface area contributed by atoms with Crippen molar-refractivity contribution in [2.24, 2.45) is 7.05 Å². The molecule has 3 nitrogen and oxygen atoms in total. The number of fused-ring (bicyclic) bond motifs is 2. The fourth-order valence-corrected chi connectivity index (χ4v) is 3.51. The van der Waals surface area contributed by atoms with Gasteiger partial charge >= 0.3 is 0 Å². The predicted octanol–water partition coefficient (Wildman–Crippen LogP) is 4.09. The van der Waals surface area contributed by atoms with E-state index in [1.54, 1.807) is 0 Å². The van der Waals surface area contributed by atoms with Crippen LogP contribution < -0.4 is 5.32 Å². The van der Waals surface area contributed by atoms with Gasteiger partial charge in [0.05, 0.1) is 11.0 Å². The lowest BCUT2D eigenvalue weighted by atomic mass is 9.98. The first-order valence-electron chi connectivity index (χ1n) is 7.16. The summed E-state index contributed by atoms with van der Waals surface area (Å²) in [7, 11) is 2.10. The molecule has 0 bridgehead atoms. The molecule has 0 fully saturated rings. The summed E-state index contributed by atoms with van der Waals surface area (Å²) < 4.78 is 3.29. The molecule has 2 aromatic carbocycles. The molecule has 0 spiro atoms. The van der Waals surface area contributed by atoms with Crippen LogP contribution in [0.5, 0.6) is 0 Å². The fourth-order valence-electron chi connectivity index (χ4n) is 3.17. The summed E-state index contributed by atoms with van der Waals surface area (Å²) >= 11 is 3.52. The number of hydrogen-bond acceptors (Lipinski definition) is 2. The van der Waals surface area contributed by atoms with Crippen LogP contribution in [0.2, 0.25) is 0 Å². The van der Waals surface area contributed by atoms with Crippen LogP contribution >= 0.6 is 15.9 Å². The number of benzene rings is 2. The number of aromatic nitrogens is 2. The van der Waals surface area contributed by atoms with Crippen molar-refractivity contribution < 1.29 is 0 Å². The first kappa shape index (κ1) is 12.9. The molecule has 1 atom stereocenters. The summed E-state index contributed by atoms with van der Waals surface area (Å²) in [6, 6.07) is 14.9. The Hall–Kier alpha value is -1.81. The Morgan fingerprint density at radius 1 is 1.29 bits per heavy atom. The van der Waals surface area contributed by atoms with Gasteiger partial charge in [-0.15, -0.1) is 0 Å². The molecule has 1 aromatic heterocycles. The van der Waals surface area contributed by atoms with Crippen LogP contribution in [0, 0.1) is 0 Å². The zero-order valence-electron chi connectivity index (χ0n) is 11.8. The lowest BCUT2D eigenvalue weighted by Gasteiger charge is -2.10. The van der Waals surface area contributed by atoms with Crippen molar-refractivity contribution in [1.82, 2.24) is 9.55 Å². The maximum Gasteiger partial charge on any atom is 0.110 e. The molecule has 2 heterocycles. The Kier molecular flexibility index (Phi) is 3.00. The van der Waals surface area contributed by atoms with Crippen molar-refractivity contribution >= 4 is 32.7 Å². The molecule has 1 unspecified atom stereocenters. The summed E-state index contributed by atoms with van der Waals surface area (Å²) in [5.41, 5.74) is 4.92. The second kappa shape index (κ2) is 4.88. The molecule has 1 N–H and O–H groups in total.